The van der Waals surface area contributed by atoms with Gasteiger partial charge in [-0.3, -0.25) is 9.59 Å². The highest BCUT2D eigenvalue weighted by Crippen LogP contribution is 2.54. The topological polar surface area (TPSA) is 77.1 Å². The normalized spacial score (nSPS) is 19.3. The predicted molar refractivity (Wildman–Crippen MR) is 121 cm³/mol. The van der Waals surface area contributed by atoms with Crippen LogP contribution in [0.2, 0.25) is 0 Å². The van der Waals surface area contributed by atoms with E-state index in [4.69, 9.17) is 14.2 Å². The molecule has 1 N–H and O–H groups in total. The second kappa shape index (κ2) is 7.48. The van der Waals surface area contributed by atoms with Gasteiger partial charge in [-0.05, 0) is 35.9 Å². The van der Waals surface area contributed by atoms with Crippen LogP contribution in [-0.4, -0.2) is 43.6 Å². The Balaban J connectivity index is 1.43. The third kappa shape index (κ3) is 2.95. The van der Waals surface area contributed by atoms with E-state index in [0.29, 0.717) is 59.4 Å². The summed E-state index contributed by atoms with van der Waals surface area (Å²) < 4.78 is 30.7. The predicted octanol–water partition coefficient (Wildman–Crippen LogP) is 3.50. The molecule has 2 amide bonds. The van der Waals surface area contributed by atoms with Crippen LogP contribution in [0.4, 0.5) is 10.1 Å². The fraction of sp³-hybridized carbons (Fsp3) is 0.231. The Hall–Kier alpha value is -4.07. The number of hydrogen-bond acceptors (Lipinski definition) is 5. The van der Waals surface area contributed by atoms with Gasteiger partial charge in [0.1, 0.15) is 36.8 Å². The molecule has 0 fully saturated rings. The lowest BCUT2D eigenvalue weighted by atomic mass is 9.75. The largest absolute Gasteiger partial charge is 0.491 e. The maximum absolute atomic E-state index is 13.6. The summed E-state index contributed by atoms with van der Waals surface area (Å²) in [5.74, 6) is 0.829. The zero-order valence-electron chi connectivity index (χ0n) is 18.4. The number of rotatable bonds is 3. The zero-order valence-corrected chi connectivity index (χ0v) is 18.4. The van der Waals surface area contributed by atoms with Crippen molar-refractivity contribution in [2.45, 2.75) is 12.0 Å². The smallest absolute Gasteiger partial charge is 0.254 e. The molecule has 172 valence electrons. The summed E-state index contributed by atoms with van der Waals surface area (Å²) in [6, 6.07) is 14.8. The van der Waals surface area contributed by atoms with E-state index < -0.39 is 5.41 Å². The van der Waals surface area contributed by atoms with Crippen LogP contribution >= 0.6 is 0 Å². The van der Waals surface area contributed by atoms with Crippen molar-refractivity contribution in [1.82, 2.24) is 4.90 Å². The maximum Gasteiger partial charge on any atom is 0.254 e. The molecule has 1 spiro atoms. The van der Waals surface area contributed by atoms with Gasteiger partial charge >= 0.3 is 0 Å². The molecule has 34 heavy (non-hydrogen) atoms. The minimum Gasteiger partial charge on any atom is -0.491 e. The van der Waals surface area contributed by atoms with Gasteiger partial charge in [-0.2, -0.15) is 0 Å². The van der Waals surface area contributed by atoms with Crippen LogP contribution < -0.4 is 19.5 Å². The second-order valence-corrected chi connectivity index (χ2v) is 8.66. The Bertz CT molecular complexity index is 1340. The number of nitrogens with zero attached hydrogens (tertiary/aromatic N) is 1. The van der Waals surface area contributed by atoms with Gasteiger partial charge in [0.2, 0.25) is 5.91 Å². The first-order valence-electron chi connectivity index (χ1n) is 11.0. The highest BCUT2D eigenvalue weighted by molar-refractivity contribution is 6.13. The lowest BCUT2D eigenvalue weighted by molar-refractivity contribution is -0.119. The first kappa shape index (κ1) is 20.5. The summed E-state index contributed by atoms with van der Waals surface area (Å²) in [4.78, 5) is 28.6. The summed E-state index contributed by atoms with van der Waals surface area (Å²) in [5, 5.41) is 2.94. The van der Waals surface area contributed by atoms with Gasteiger partial charge in [-0.1, -0.05) is 18.2 Å². The first-order valence-corrected chi connectivity index (χ1v) is 11.0. The van der Waals surface area contributed by atoms with Crippen LogP contribution in [0, 0.1) is 5.82 Å². The molecule has 0 aromatic heterocycles. The molecule has 7 nitrogen and oxygen atoms in total. The number of fused-ring (bicyclic) bond motifs is 5. The Morgan fingerprint density at radius 3 is 2.53 bits per heavy atom. The molecular weight excluding hydrogens is 439 g/mol. The average Bonchev–Trinajstić information content (AvgIpc) is 3.36. The molecule has 8 heteroatoms. The van der Waals surface area contributed by atoms with E-state index in [9.17, 15) is 14.0 Å². The van der Waals surface area contributed by atoms with Crippen molar-refractivity contribution in [3.05, 3.63) is 82.7 Å². The summed E-state index contributed by atoms with van der Waals surface area (Å²) in [5.41, 5.74) is 1.85. The van der Waals surface area contributed by atoms with E-state index in [0.717, 1.165) is 5.56 Å². The van der Waals surface area contributed by atoms with Gasteiger partial charge in [0, 0.05) is 42.0 Å². The highest BCUT2D eigenvalue weighted by atomic mass is 19.1. The molecule has 0 saturated heterocycles. The molecule has 3 aliphatic heterocycles. The molecule has 3 heterocycles. The minimum atomic E-state index is -1.18. The highest BCUT2D eigenvalue weighted by Gasteiger charge is 2.56. The van der Waals surface area contributed by atoms with Crippen molar-refractivity contribution >= 4 is 17.5 Å². The van der Waals surface area contributed by atoms with Crippen molar-refractivity contribution in [2.24, 2.45) is 0 Å². The van der Waals surface area contributed by atoms with Crippen LogP contribution in [0.3, 0.4) is 0 Å². The molecule has 0 bridgehead atoms. The van der Waals surface area contributed by atoms with Crippen molar-refractivity contribution < 1.29 is 28.2 Å². The van der Waals surface area contributed by atoms with Crippen LogP contribution in [0.5, 0.6) is 17.2 Å². The maximum atomic E-state index is 13.6. The van der Waals surface area contributed by atoms with E-state index in [2.05, 4.69) is 5.32 Å². The first-order chi connectivity index (χ1) is 16.5. The fourth-order valence-corrected chi connectivity index (χ4v) is 4.96. The Morgan fingerprint density at radius 2 is 1.76 bits per heavy atom. The molecule has 3 aliphatic rings. The summed E-state index contributed by atoms with van der Waals surface area (Å²) >= 11 is 0. The van der Waals surface area contributed by atoms with Crippen LogP contribution in [-0.2, 0) is 16.8 Å². The standard InChI is InChI=1S/C26H21FN2O5/c1-29(13-15-5-7-16(27)8-6-15)24(30)17-3-2-4-19-23(17)26(25(31)28-19)14-34-20-12-22-21(11-18(20)26)32-9-10-33-22/h2-8,11-12H,9-10,13-14H2,1H3,(H,28,31)/t26-/m0/s1. The van der Waals surface area contributed by atoms with Crippen molar-refractivity contribution in [1.29, 1.82) is 0 Å². The van der Waals surface area contributed by atoms with Gasteiger partial charge in [0.05, 0.1) is 0 Å². The van der Waals surface area contributed by atoms with Crippen molar-refractivity contribution in [3.63, 3.8) is 0 Å². The van der Waals surface area contributed by atoms with E-state index in [1.54, 1.807) is 54.4 Å². The van der Waals surface area contributed by atoms with Crippen LogP contribution in [0.25, 0.3) is 0 Å². The molecule has 3 aromatic carbocycles. The quantitative estimate of drug-likeness (QED) is 0.648. The number of amides is 2. The lowest BCUT2D eigenvalue weighted by Crippen LogP contribution is -2.39. The zero-order chi connectivity index (χ0) is 23.4. The van der Waals surface area contributed by atoms with E-state index in [1.165, 1.54) is 12.1 Å². The van der Waals surface area contributed by atoms with Gasteiger partial charge in [0.25, 0.3) is 5.91 Å². The number of hydrogen-bond donors (Lipinski definition) is 1. The van der Waals surface area contributed by atoms with Crippen LogP contribution in [0.15, 0.2) is 54.6 Å². The Kier molecular flexibility index (Phi) is 4.52. The lowest BCUT2D eigenvalue weighted by Gasteiger charge is -2.26. The third-order valence-electron chi connectivity index (χ3n) is 6.59. The van der Waals surface area contributed by atoms with Gasteiger partial charge in [-0.15, -0.1) is 0 Å². The molecule has 0 aliphatic carbocycles. The number of nitrogens with one attached hydrogen (secondary N) is 1. The van der Waals surface area contributed by atoms with E-state index in [1.807, 2.05) is 0 Å². The molecule has 0 radical (unpaired) electrons. The molecule has 3 aromatic rings. The fourth-order valence-electron chi connectivity index (χ4n) is 4.96. The van der Waals surface area contributed by atoms with Gasteiger partial charge in [0.15, 0.2) is 11.5 Å². The SMILES string of the molecule is CN(Cc1ccc(F)cc1)C(=O)c1cccc2c1[C@@]1(COc3cc4c(cc31)OCCO4)C(=O)N2. The molecule has 6 rings (SSSR count). The number of carbonyl (C=O) groups is 2. The number of anilines is 1. The Labute approximate surface area is 195 Å². The summed E-state index contributed by atoms with van der Waals surface area (Å²) in [6.07, 6.45) is 0. The van der Waals surface area contributed by atoms with Gasteiger partial charge in [-0.25, -0.2) is 4.39 Å². The third-order valence-corrected chi connectivity index (χ3v) is 6.59. The minimum absolute atomic E-state index is 0.0655. The van der Waals surface area contributed by atoms with Crippen LogP contribution in [0.1, 0.15) is 27.0 Å². The summed E-state index contributed by atoms with van der Waals surface area (Å²) in [7, 11) is 1.68. The average molecular weight is 460 g/mol. The second-order valence-electron chi connectivity index (χ2n) is 8.66. The molecule has 0 unspecified atom stereocenters. The molecule has 1 atom stereocenters. The summed E-state index contributed by atoms with van der Waals surface area (Å²) in [6.45, 7) is 1.22. The van der Waals surface area contributed by atoms with Crippen molar-refractivity contribution in [2.75, 3.05) is 32.2 Å². The van der Waals surface area contributed by atoms with Crippen molar-refractivity contribution in [3.8, 4) is 17.2 Å². The van der Waals surface area contributed by atoms with Gasteiger partial charge < -0.3 is 24.4 Å². The molecule has 0 saturated carbocycles. The van der Waals surface area contributed by atoms with E-state index >= 15 is 0 Å². The number of carbonyl (C=O) groups excluding carboxylic acids is 2. The monoisotopic (exact) mass is 460 g/mol. The number of ether oxygens (including phenoxy) is 3. The molecular formula is C26H21FN2O5. The van der Waals surface area contributed by atoms with E-state index in [-0.39, 0.29) is 24.2 Å². The number of halogens is 1. The number of benzene rings is 3. The Morgan fingerprint density at radius 1 is 1.03 bits per heavy atom.